The van der Waals surface area contributed by atoms with E-state index in [2.05, 4.69) is 44.4 Å². The quantitative estimate of drug-likeness (QED) is 0.650. The van der Waals surface area contributed by atoms with E-state index in [1.807, 2.05) is 12.1 Å². The molecule has 0 bridgehead atoms. The average molecular weight is 468 g/mol. The molecule has 2 fully saturated rings. The molecule has 6 nitrogen and oxygen atoms in total. The van der Waals surface area contributed by atoms with Gasteiger partial charge in [0.2, 0.25) is 0 Å². The Bertz CT molecular complexity index is 1050. The highest BCUT2D eigenvalue weighted by Crippen LogP contribution is 2.55. The minimum atomic E-state index is -0.307. The van der Waals surface area contributed by atoms with Gasteiger partial charge >= 0.3 is 0 Å². The molecule has 7 heteroatoms. The van der Waals surface area contributed by atoms with Crippen molar-refractivity contribution in [2.75, 3.05) is 13.1 Å². The van der Waals surface area contributed by atoms with Gasteiger partial charge < -0.3 is 20.1 Å². The highest BCUT2D eigenvalue weighted by atomic mass is 35.5. The summed E-state index contributed by atoms with van der Waals surface area (Å²) in [5.74, 6) is 1.28. The predicted molar refractivity (Wildman–Crippen MR) is 128 cm³/mol. The third-order valence-corrected chi connectivity index (χ3v) is 7.18. The molecule has 0 aromatic heterocycles. The molecule has 0 spiro atoms. The van der Waals surface area contributed by atoms with E-state index in [4.69, 9.17) is 26.3 Å². The first-order chi connectivity index (χ1) is 15.6. The molecule has 1 heterocycles. The van der Waals surface area contributed by atoms with Crippen molar-refractivity contribution >= 4 is 17.5 Å². The lowest BCUT2D eigenvalue weighted by molar-refractivity contribution is -0.164. The van der Waals surface area contributed by atoms with E-state index >= 15 is 0 Å². The second-order valence-corrected chi connectivity index (χ2v) is 10.5. The summed E-state index contributed by atoms with van der Waals surface area (Å²) in [4.78, 5) is 13.0. The number of hydrogen-bond donors (Lipinski definition) is 2. The number of carbonyl (C=O) groups is 1. The van der Waals surface area contributed by atoms with Gasteiger partial charge in [-0.15, -0.1) is 0 Å². The van der Waals surface area contributed by atoms with Crippen molar-refractivity contribution < 1.29 is 14.3 Å². The number of nitrogens with one attached hydrogen (secondary N) is 2. The van der Waals surface area contributed by atoms with Crippen LogP contribution in [0.4, 0.5) is 0 Å². The fourth-order valence-electron chi connectivity index (χ4n) is 5.42. The Labute approximate surface area is 200 Å². The molecular formula is C26H30ClN3O3. The highest BCUT2D eigenvalue weighted by molar-refractivity contribution is 6.31. The molecule has 1 aliphatic heterocycles. The fourth-order valence-corrected chi connectivity index (χ4v) is 5.63. The van der Waals surface area contributed by atoms with Crippen molar-refractivity contribution in [3.05, 3.63) is 58.6 Å². The van der Waals surface area contributed by atoms with Gasteiger partial charge in [0.25, 0.3) is 5.91 Å². The lowest BCUT2D eigenvalue weighted by Gasteiger charge is -2.63. The molecule has 4 rings (SSSR count). The van der Waals surface area contributed by atoms with E-state index in [0.29, 0.717) is 21.9 Å². The summed E-state index contributed by atoms with van der Waals surface area (Å²) < 4.78 is 12.2. The van der Waals surface area contributed by atoms with Crippen LogP contribution in [0.1, 0.15) is 50.0 Å². The van der Waals surface area contributed by atoms with Crippen molar-refractivity contribution in [2.45, 2.75) is 52.4 Å². The zero-order valence-corrected chi connectivity index (χ0v) is 20.2. The van der Waals surface area contributed by atoms with E-state index in [1.54, 1.807) is 30.3 Å². The number of nitrogens with zero attached hydrogens (tertiary/aromatic N) is 1. The van der Waals surface area contributed by atoms with E-state index in [0.717, 1.165) is 25.3 Å². The highest BCUT2D eigenvalue weighted by Gasteiger charge is 2.64. The third-order valence-electron chi connectivity index (χ3n) is 6.86. The monoisotopic (exact) mass is 467 g/mol. The van der Waals surface area contributed by atoms with E-state index in [9.17, 15) is 4.79 Å². The largest absolute Gasteiger partial charge is 0.489 e. The summed E-state index contributed by atoms with van der Waals surface area (Å²) in [5, 5.41) is 15.9. The maximum Gasteiger partial charge on any atom is 0.251 e. The lowest BCUT2D eigenvalue weighted by atomic mass is 9.49. The summed E-state index contributed by atoms with van der Waals surface area (Å²) >= 11 is 6.17. The molecule has 0 unspecified atom stereocenters. The Morgan fingerprint density at radius 2 is 1.76 bits per heavy atom. The van der Waals surface area contributed by atoms with Crippen LogP contribution in [-0.4, -0.2) is 37.2 Å². The van der Waals surface area contributed by atoms with E-state index in [-0.39, 0.29) is 35.0 Å². The first-order valence-electron chi connectivity index (χ1n) is 11.3. The number of benzene rings is 2. The maximum atomic E-state index is 13.0. The molecule has 0 radical (unpaired) electrons. The number of halogens is 1. The molecule has 1 aliphatic carbocycles. The third kappa shape index (κ3) is 4.53. The van der Waals surface area contributed by atoms with Crippen LogP contribution in [0.5, 0.6) is 11.5 Å². The molecular weight excluding hydrogens is 438 g/mol. The van der Waals surface area contributed by atoms with Gasteiger partial charge in [0.15, 0.2) is 0 Å². The topological polar surface area (TPSA) is 83.4 Å². The molecule has 1 amide bonds. The van der Waals surface area contributed by atoms with Crippen LogP contribution in [0, 0.1) is 22.2 Å². The number of carbonyl (C=O) groups excluding carboxylic acids is 1. The smallest absolute Gasteiger partial charge is 0.251 e. The van der Waals surface area contributed by atoms with Crippen molar-refractivity contribution in [1.29, 1.82) is 5.26 Å². The van der Waals surface area contributed by atoms with Crippen LogP contribution < -0.4 is 20.1 Å². The molecule has 2 aliphatic rings. The van der Waals surface area contributed by atoms with Crippen LogP contribution in [0.2, 0.25) is 5.02 Å². The molecule has 2 N–H and O–H groups in total. The zero-order valence-electron chi connectivity index (χ0n) is 19.4. The first kappa shape index (κ1) is 23.4. The fraction of sp³-hybridized carbons (Fsp3) is 0.462. The predicted octanol–water partition coefficient (Wildman–Crippen LogP) is 4.56. The number of hydrogen-bond acceptors (Lipinski definition) is 5. The molecule has 33 heavy (non-hydrogen) atoms. The minimum Gasteiger partial charge on any atom is -0.489 e. The normalized spacial score (nSPS) is 24.9. The second kappa shape index (κ2) is 8.89. The molecule has 1 atom stereocenters. The first-order valence-corrected chi connectivity index (χ1v) is 11.7. The standard InChI is InChI=1S/C26H30ClN3O3/c1-25(2)23(26(3,4)24(25)33-19-10-7-17(14-28)21(27)13-19)30-22(31)16-5-8-18(9-6-16)32-20-11-12-29-15-20/h5-10,13,20,23-24,29H,11-12,15H2,1-4H3,(H,30,31)/t20-,23?,24?/m1/s1. The van der Waals surface area contributed by atoms with Crippen molar-refractivity contribution in [3.63, 3.8) is 0 Å². The van der Waals surface area contributed by atoms with Crippen LogP contribution in [0.3, 0.4) is 0 Å². The Morgan fingerprint density at radius 1 is 1.09 bits per heavy atom. The van der Waals surface area contributed by atoms with Gasteiger partial charge in [-0.2, -0.15) is 5.26 Å². The van der Waals surface area contributed by atoms with Crippen molar-refractivity contribution in [3.8, 4) is 17.6 Å². The van der Waals surface area contributed by atoms with Gasteiger partial charge in [-0.1, -0.05) is 39.3 Å². The Balaban J connectivity index is 1.41. The van der Waals surface area contributed by atoms with Gasteiger partial charge in [-0.25, -0.2) is 0 Å². The number of amides is 1. The Kier molecular flexibility index (Phi) is 6.30. The molecule has 2 aromatic rings. The van der Waals surface area contributed by atoms with E-state index < -0.39 is 0 Å². The summed E-state index contributed by atoms with van der Waals surface area (Å²) in [5.41, 5.74) is 0.398. The number of rotatable bonds is 6. The molecule has 174 valence electrons. The Morgan fingerprint density at radius 3 is 2.33 bits per heavy atom. The zero-order chi connectivity index (χ0) is 23.8. The van der Waals surface area contributed by atoms with Gasteiger partial charge in [0.1, 0.15) is 29.8 Å². The number of nitriles is 1. The van der Waals surface area contributed by atoms with Crippen LogP contribution >= 0.6 is 11.6 Å². The summed E-state index contributed by atoms with van der Waals surface area (Å²) in [6, 6.07) is 14.4. The molecule has 1 saturated carbocycles. The van der Waals surface area contributed by atoms with Gasteiger partial charge in [-0.3, -0.25) is 4.79 Å². The summed E-state index contributed by atoms with van der Waals surface area (Å²) in [7, 11) is 0. The van der Waals surface area contributed by atoms with Gasteiger partial charge in [0.05, 0.1) is 10.6 Å². The Hall–Kier alpha value is -2.75. The van der Waals surface area contributed by atoms with Crippen LogP contribution in [0.15, 0.2) is 42.5 Å². The minimum absolute atomic E-state index is 0.0863. The van der Waals surface area contributed by atoms with Crippen molar-refractivity contribution in [1.82, 2.24) is 10.6 Å². The SMILES string of the molecule is CC1(C)C(NC(=O)c2ccc(O[C@@H]3CCNC3)cc2)C(C)(C)C1Oc1ccc(C#N)c(Cl)c1. The summed E-state index contributed by atoms with van der Waals surface area (Å²) in [6.07, 6.45) is 1.03. The molecule has 2 aromatic carbocycles. The van der Waals surface area contributed by atoms with Crippen molar-refractivity contribution in [2.24, 2.45) is 10.8 Å². The molecule has 1 saturated heterocycles. The van der Waals surface area contributed by atoms with Crippen LogP contribution in [-0.2, 0) is 0 Å². The van der Waals surface area contributed by atoms with Gasteiger partial charge in [-0.05, 0) is 49.4 Å². The average Bonchev–Trinajstić information content (AvgIpc) is 3.29. The maximum absolute atomic E-state index is 13.0. The van der Waals surface area contributed by atoms with E-state index in [1.165, 1.54) is 0 Å². The number of ether oxygens (including phenoxy) is 2. The summed E-state index contributed by atoms with van der Waals surface area (Å²) in [6.45, 7) is 10.2. The second-order valence-electron chi connectivity index (χ2n) is 10.1. The van der Waals surface area contributed by atoms with Crippen LogP contribution in [0.25, 0.3) is 0 Å². The lowest BCUT2D eigenvalue weighted by Crippen LogP contribution is -2.74. The van der Waals surface area contributed by atoms with Gasteiger partial charge in [0, 0.05) is 35.0 Å².